The lowest BCUT2D eigenvalue weighted by molar-refractivity contribution is -0.169. The highest BCUT2D eigenvalue weighted by molar-refractivity contribution is 5.83. The number of Topliss-reactive ketones (excluding diaryl/α,β-unsaturated/α-hetero) is 1. The molecule has 1 saturated carbocycles. The van der Waals surface area contributed by atoms with Gasteiger partial charge < -0.3 is 19.8 Å². The molecule has 3 atom stereocenters. The van der Waals surface area contributed by atoms with E-state index in [0.29, 0.717) is 31.4 Å². The number of carbonyl (C=O) groups excluding carboxylic acids is 1. The molecule has 3 aliphatic rings. The van der Waals surface area contributed by atoms with Crippen LogP contribution in [0.15, 0.2) is 12.1 Å². The predicted molar refractivity (Wildman–Crippen MR) is 84.9 cm³/mol. The van der Waals surface area contributed by atoms with Crippen LogP contribution in [0.5, 0.6) is 11.5 Å². The Morgan fingerprint density at radius 1 is 1.35 bits per heavy atom. The predicted octanol–water partition coefficient (Wildman–Crippen LogP) is 1.38. The fourth-order valence-corrected chi connectivity index (χ4v) is 5.30. The molecule has 23 heavy (non-hydrogen) atoms. The maximum atomic E-state index is 12.3. The molecular weight excluding hydrogens is 294 g/mol. The number of benzene rings is 1. The average Bonchev–Trinajstić information content (AvgIpc) is 2.52. The van der Waals surface area contributed by atoms with E-state index in [1.807, 2.05) is 13.1 Å². The maximum absolute atomic E-state index is 12.3. The van der Waals surface area contributed by atoms with Gasteiger partial charge in [-0.2, -0.15) is 0 Å². The Balaban J connectivity index is 2.03. The Morgan fingerprint density at radius 3 is 2.87 bits per heavy atom. The van der Waals surface area contributed by atoms with Crippen LogP contribution >= 0.6 is 0 Å². The van der Waals surface area contributed by atoms with E-state index < -0.39 is 11.0 Å². The first-order valence-electron chi connectivity index (χ1n) is 8.26. The SMILES string of the molecule is COc1c(O)ccc2c1[C@]13CCN(C)[C@@H](C2)[C@]1(O)CCC(=O)C3. The van der Waals surface area contributed by atoms with Gasteiger partial charge in [-0.25, -0.2) is 0 Å². The number of aromatic hydroxyl groups is 1. The van der Waals surface area contributed by atoms with Crippen LogP contribution < -0.4 is 4.74 Å². The zero-order chi connectivity index (χ0) is 16.4. The van der Waals surface area contributed by atoms with Gasteiger partial charge in [0.15, 0.2) is 11.5 Å². The fraction of sp³-hybridized carbons (Fsp3) is 0.611. The third-order valence-corrected chi connectivity index (χ3v) is 6.41. The highest BCUT2D eigenvalue weighted by atomic mass is 16.5. The number of fused-ring (bicyclic) bond motifs is 1. The number of carbonyl (C=O) groups is 1. The van der Waals surface area contributed by atoms with Crippen LogP contribution in [0.4, 0.5) is 0 Å². The van der Waals surface area contributed by atoms with Crippen molar-refractivity contribution in [3.8, 4) is 11.5 Å². The van der Waals surface area contributed by atoms with Crippen molar-refractivity contribution in [1.82, 2.24) is 4.90 Å². The van der Waals surface area contributed by atoms with Crippen LogP contribution in [-0.4, -0.2) is 53.2 Å². The van der Waals surface area contributed by atoms with Crippen LogP contribution in [-0.2, 0) is 16.6 Å². The molecule has 5 heteroatoms. The van der Waals surface area contributed by atoms with Gasteiger partial charge in [0.05, 0.1) is 12.7 Å². The van der Waals surface area contributed by atoms with E-state index in [4.69, 9.17) is 4.74 Å². The first kappa shape index (κ1) is 15.0. The summed E-state index contributed by atoms with van der Waals surface area (Å²) in [5.41, 5.74) is 0.356. The smallest absolute Gasteiger partial charge is 0.164 e. The fourth-order valence-electron chi connectivity index (χ4n) is 5.30. The van der Waals surface area contributed by atoms with Crippen molar-refractivity contribution >= 4 is 5.78 Å². The van der Waals surface area contributed by atoms with E-state index in [9.17, 15) is 15.0 Å². The van der Waals surface area contributed by atoms with Crippen molar-refractivity contribution in [3.05, 3.63) is 23.3 Å². The molecule has 0 aromatic heterocycles. The van der Waals surface area contributed by atoms with Gasteiger partial charge >= 0.3 is 0 Å². The van der Waals surface area contributed by atoms with E-state index in [1.54, 1.807) is 6.07 Å². The molecule has 2 N–H and O–H groups in total. The van der Waals surface area contributed by atoms with Gasteiger partial charge in [0.1, 0.15) is 5.78 Å². The number of hydrogen-bond donors (Lipinski definition) is 2. The molecule has 4 rings (SSSR count). The molecule has 0 unspecified atom stereocenters. The molecule has 1 aromatic rings. The summed E-state index contributed by atoms with van der Waals surface area (Å²) < 4.78 is 5.50. The summed E-state index contributed by atoms with van der Waals surface area (Å²) in [6, 6.07) is 3.57. The molecule has 2 aliphatic carbocycles. The van der Waals surface area contributed by atoms with Gasteiger partial charge in [-0.05, 0) is 44.5 Å². The normalized spacial score (nSPS) is 36.3. The van der Waals surface area contributed by atoms with Crippen LogP contribution in [0.1, 0.15) is 36.8 Å². The molecule has 1 aliphatic heterocycles. The second-order valence-corrected chi connectivity index (χ2v) is 7.32. The molecule has 1 saturated heterocycles. The second-order valence-electron chi connectivity index (χ2n) is 7.32. The lowest BCUT2D eigenvalue weighted by atomic mass is 9.49. The number of piperidine rings is 1. The number of nitrogens with zero attached hydrogens (tertiary/aromatic N) is 1. The highest BCUT2D eigenvalue weighted by Gasteiger charge is 2.65. The highest BCUT2D eigenvalue weighted by Crippen LogP contribution is 2.60. The molecular formula is C18H23NO4. The summed E-state index contributed by atoms with van der Waals surface area (Å²) in [5.74, 6) is 0.702. The van der Waals surface area contributed by atoms with Crippen LogP contribution in [0.3, 0.4) is 0 Å². The topological polar surface area (TPSA) is 70.0 Å². The van der Waals surface area contributed by atoms with Crippen molar-refractivity contribution in [2.45, 2.75) is 49.2 Å². The quantitative estimate of drug-likeness (QED) is 0.819. The molecule has 0 radical (unpaired) electrons. The van der Waals surface area contributed by atoms with Gasteiger partial charge in [0.2, 0.25) is 0 Å². The summed E-state index contributed by atoms with van der Waals surface area (Å²) in [6.07, 6.45) is 2.67. The number of methoxy groups -OCH3 is 1. The lowest BCUT2D eigenvalue weighted by Gasteiger charge is -2.62. The number of phenolic OH excluding ortho intramolecular Hbond substituents is 1. The third kappa shape index (κ3) is 1.72. The number of ketones is 1. The minimum Gasteiger partial charge on any atom is -0.504 e. The standard InChI is InChI=1S/C18H23NO4/c1-19-8-7-17-10-12(20)5-6-18(17,22)14(19)9-11-3-4-13(21)16(23-2)15(11)17/h3-4,14,21-22H,5-10H2,1-2H3/t14-,17+,18+/m0/s1. The van der Waals surface area contributed by atoms with E-state index in [2.05, 4.69) is 4.90 Å². The molecule has 124 valence electrons. The Kier molecular flexibility index (Phi) is 3.06. The first-order valence-corrected chi connectivity index (χ1v) is 8.26. The van der Waals surface area contributed by atoms with Crippen molar-refractivity contribution < 1.29 is 19.7 Å². The van der Waals surface area contributed by atoms with Crippen LogP contribution in [0.25, 0.3) is 0 Å². The Labute approximate surface area is 135 Å². The number of phenols is 1. The Bertz CT molecular complexity index is 688. The molecule has 1 heterocycles. The zero-order valence-electron chi connectivity index (χ0n) is 13.6. The van der Waals surface area contributed by atoms with Crippen molar-refractivity contribution in [2.24, 2.45) is 0 Å². The van der Waals surface area contributed by atoms with E-state index in [0.717, 1.165) is 24.1 Å². The monoisotopic (exact) mass is 317 g/mol. The van der Waals surface area contributed by atoms with Crippen molar-refractivity contribution in [2.75, 3.05) is 20.7 Å². The number of likely N-dealkylation sites (N-methyl/N-ethyl adjacent to an activating group) is 1. The average molecular weight is 317 g/mol. The van der Waals surface area contributed by atoms with Crippen molar-refractivity contribution in [3.63, 3.8) is 0 Å². The Hall–Kier alpha value is -1.59. The molecule has 2 bridgehead atoms. The molecule has 5 nitrogen and oxygen atoms in total. The number of hydrogen-bond acceptors (Lipinski definition) is 5. The molecule has 2 fully saturated rings. The largest absolute Gasteiger partial charge is 0.504 e. The summed E-state index contributed by atoms with van der Waals surface area (Å²) in [7, 11) is 3.59. The van der Waals surface area contributed by atoms with Crippen LogP contribution in [0.2, 0.25) is 0 Å². The summed E-state index contributed by atoms with van der Waals surface area (Å²) in [5, 5.41) is 21.9. The molecule has 1 aromatic carbocycles. The first-order chi connectivity index (χ1) is 10.9. The number of ether oxygens (including phenoxy) is 1. The second kappa shape index (κ2) is 4.71. The summed E-state index contributed by atoms with van der Waals surface area (Å²) in [6.45, 7) is 0.832. The summed E-state index contributed by atoms with van der Waals surface area (Å²) >= 11 is 0. The number of aliphatic hydroxyl groups is 1. The van der Waals surface area contributed by atoms with Gasteiger partial charge in [-0.1, -0.05) is 6.07 Å². The van der Waals surface area contributed by atoms with Gasteiger partial charge in [0.25, 0.3) is 0 Å². The van der Waals surface area contributed by atoms with E-state index >= 15 is 0 Å². The lowest BCUT2D eigenvalue weighted by Crippen LogP contribution is -2.72. The third-order valence-electron chi connectivity index (χ3n) is 6.41. The summed E-state index contributed by atoms with van der Waals surface area (Å²) in [4.78, 5) is 14.5. The number of likely N-dealkylation sites (tertiary alicyclic amines) is 1. The van der Waals surface area contributed by atoms with Crippen LogP contribution in [0, 0.1) is 0 Å². The van der Waals surface area contributed by atoms with E-state index in [-0.39, 0.29) is 17.6 Å². The van der Waals surface area contributed by atoms with E-state index in [1.165, 1.54) is 7.11 Å². The van der Waals surface area contributed by atoms with Gasteiger partial charge in [-0.3, -0.25) is 4.79 Å². The molecule has 0 amide bonds. The van der Waals surface area contributed by atoms with Gasteiger partial charge in [0, 0.05) is 29.9 Å². The zero-order valence-corrected chi connectivity index (χ0v) is 13.6. The Morgan fingerprint density at radius 2 is 2.13 bits per heavy atom. The minimum absolute atomic E-state index is 0.00565. The van der Waals surface area contributed by atoms with Crippen molar-refractivity contribution in [1.29, 1.82) is 0 Å². The van der Waals surface area contributed by atoms with Gasteiger partial charge in [-0.15, -0.1) is 0 Å². The number of rotatable bonds is 1. The maximum Gasteiger partial charge on any atom is 0.164 e. The minimum atomic E-state index is -0.942. The molecule has 0 spiro atoms.